The first-order valence-corrected chi connectivity index (χ1v) is 7.59. The highest BCUT2D eigenvalue weighted by atomic mass is 79.9. The highest BCUT2D eigenvalue weighted by Crippen LogP contribution is 2.16. The fourth-order valence-corrected chi connectivity index (χ4v) is 1.94. The standard InChI is InChI=1S/C10H13BrN2O3S/c1-6-8(4-5-9(11)12-6)13-10(14)7(2)17(3,15)16/h4-5,7H,1-3H3,(H,13,14). The molecule has 1 rings (SSSR count). The van der Waals surface area contributed by atoms with Gasteiger partial charge in [0.1, 0.15) is 9.85 Å². The Hall–Kier alpha value is -0.950. The molecule has 0 bridgehead atoms. The molecule has 0 aliphatic rings. The second-order valence-electron chi connectivity index (χ2n) is 3.73. The third kappa shape index (κ3) is 3.78. The molecular formula is C10H13BrN2O3S. The minimum absolute atomic E-state index is 0.508. The van der Waals surface area contributed by atoms with Gasteiger partial charge in [-0.25, -0.2) is 13.4 Å². The van der Waals surface area contributed by atoms with Crippen molar-refractivity contribution >= 4 is 37.4 Å². The Labute approximate surface area is 109 Å². The SMILES string of the molecule is Cc1nc(Br)ccc1NC(=O)C(C)S(C)(=O)=O. The quantitative estimate of drug-likeness (QED) is 0.857. The molecule has 0 aromatic carbocycles. The highest BCUT2D eigenvalue weighted by Gasteiger charge is 2.23. The van der Waals surface area contributed by atoms with Crippen LogP contribution in [-0.2, 0) is 14.6 Å². The number of carbonyl (C=O) groups is 1. The van der Waals surface area contributed by atoms with Crippen molar-refractivity contribution in [1.29, 1.82) is 0 Å². The van der Waals surface area contributed by atoms with Crippen LogP contribution in [-0.4, -0.2) is 30.8 Å². The number of nitrogens with one attached hydrogen (secondary N) is 1. The Morgan fingerprint density at radius 2 is 2.06 bits per heavy atom. The van der Waals surface area contributed by atoms with E-state index in [1.165, 1.54) is 6.92 Å². The maximum Gasteiger partial charge on any atom is 0.242 e. The Bertz CT molecular complexity index is 542. The molecule has 0 saturated carbocycles. The van der Waals surface area contributed by atoms with Gasteiger partial charge in [-0.2, -0.15) is 0 Å². The molecule has 1 N–H and O–H groups in total. The predicted molar refractivity (Wildman–Crippen MR) is 69.6 cm³/mol. The third-order valence-electron chi connectivity index (χ3n) is 2.32. The number of carbonyl (C=O) groups excluding carboxylic acids is 1. The molecule has 1 heterocycles. The highest BCUT2D eigenvalue weighted by molar-refractivity contribution is 9.10. The van der Waals surface area contributed by atoms with E-state index < -0.39 is 21.0 Å². The van der Waals surface area contributed by atoms with Crippen LogP contribution < -0.4 is 5.32 Å². The van der Waals surface area contributed by atoms with E-state index >= 15 is 0 Å². The summed E-state index contributed by atoms with van der Waals surface area (Å²) in [5.74, 6) is -0.556. The topological polar surface area (TPSA) is 76.1 Å². The Morgan fingerprint density at radius 3 is 2.53 bits per heavy atom. The number of halogens is 1. The fraction of sp³-hybridized carbons (Fsp3) is 0.400. The van der Waals surface area contributed by atoms with Gasteiger partial charge in [-0.1, -0.05) is 0 Å². The van der Waals surface area contributed by atoms with Crippen LogP contribution in [0.2, 0.25) is 0 Å². The lowest BCUT2D eigenvalue weighted by molar-refractivity contribution is -0.115. The maximum atomic E-state index is 11.7. The number of pyridine rings is 1. The second kappa shape index (κ2) is 5.14. The first-order valence-electron chi connectivity index (χ1n) is 4.84. The summed E-state index contributed by atoms with van der Waals surface area (Å²) in [5, 5.41) is 1.46. The Kier molecular flexibility index (Phi) is 4.26. The van der Waals surface area contributed by atoms with E-state index in [9.17, 15) is 13.2 Å². The number of nitrogens with zero attached hydrogens (tertiary/aromatic N) is 1. The zero-order valence-corrected chi connectivity index (χ0v) is 12.1. The van der Waals surface area contributed by atoms with Crippen molar-refractivity contribution in [2.75, 3.05) is 11.6 Å². The van der Waals surface area contributed by atoms with Gasteiger partial charge in [-0.3, -0.25) is 4.79 Å². The molecule has 1 unspecified atom stereocenters. The van der Waals surface area contributed by atoms with E-state index in [4.69, 9.17) is 0 Å². The molecule has 1 aromatic rings. The molecule has 0 spiro atoms. The van der Waals surface area contributed by atoms with Gasteiger partial charge >= 0.3 is 0 Å². The molecule has 0 aliphatic heterocycles. The van der Waals surface area contributed by atoms with Crippen molar-refractivity contribution in [3.8, 4) is 0 Å². The van der Waals surface area contributed by atoms with Gasteiger partial charge in [-0.15, -0.1) is 0 Å². The molecule has 7 heteroatoms. The largest absolute Gasteiger partial charge is 0.323 e. The molecule has 0 saturated heterocycles. The third-order valence-corrected chi connectivity index (χ3v) is 4.26. The molecule has 0 aliphatic carbocycles. The van der Waals surface area contributed by atoms with E-state index in [1.807, 2.05) is 0 Å². The number of rotatable bonds is 3. The number of hydrogen-bond donors (Lipinski definition) is 1. The Morgan fingerprint density at radius 1 is 1.47 bits per heavy atom. The molecule has 1 atom stereocenters. The minimum Gasteiger partial charge on any atom is -0.323 e. The molecule has 5 nitrogen and oxygen atoms in total. The van der Waals surface area contributed by atoms with Gasteiger partial charge in [0.05, 0.1) is 11.4 Å². The summed E-state index contributed by atoms with van der Waals surface area (Å²) in [5.41, 5.74) is 1.13. The van der Waals surface area contributed by atoms with Gasteiger partial charge < -0.3 is 5.32 Å². The van der Waals surface area contributed by atoms with E-state index in [1.54, 1.807) is 19.1 Å². The van der Waals surface area contributed by atoms with Gasteiger partial charge in [0.2, 0.25) is 5.91 Å². The number of aromatic nitrogens is 1. The number of amides is 1. The van der Waals surface area contributed by atoms with Crippen molar-refractivity contribution < 1.29 is 13.2 Å². The lowest BCUT2D eigenvalue weighted by atomic mass is 10.3. The number of anilines is 1. The zero-order chi connectivity index (χ0) is 13.2. The summed E-state index contributed by atoms with van der Waals surface area (Å²) in [6.07, 6.45) is 1.03. The second-order valence-corrected chi connectivity index (χ2v) is 6.91. The number of hydrogen-bond acceptors (Lipinski definition) is 4. The summed E-state index contributed by atoms with van der Waals surface area (Å²) in [7, 11) is -3.38. The van der Waals surface area contributed by atoms with Crippen molar-refractivity contribution in [3.63, 3.8) is 0 Å². The molecule has 0 fully saturated rings. The van der Waals surface area contributed by atoms with Crippen LogP contribution in [0, 0.1) is 6.92 Å². The van der Waals surface area contributed by atoms with E-state index in [-0.39, 0.29) is 0 Å². The van der Waals surface area contributed by atoms with Crippen molar-refractivity contribution in [2.45, 2.75) is 19.1 Å². The summed E-state index contributed by atoms with van der Waals surface area (Å²) in [4.78, 5) is 15.8. The molecule has 1 amide bonds. The maximum absolute atomic E-state index is 11.7. The molecular weight excluding hydrogens is 308 g/mol. The normalized spacial score (nSPS) is 13.2. The number of aryl methyl sites for hydroxylation is 1. The van der Waals surface area contributed by atoms with Crippen LogP contribution in [0.5, 0.6) is 0 Å². The molecule has 0 radical (unpaired) electrons. The summed E-state index contributed by atoms with van der Waals surface area (Å²) in [6.45, 7) is 3.08. The van der Waals surface area contributed by atoms with Gasteiger partial charge in [-0.05, 0) is 41.9 Å². The fourth-order valence-electron chi connectivity index (χ4n) is 1.09. The Balaban J connectivity index is 2.89. The van der Waals surface area contributed by atoms with Crippen molar-refractivity contribution in [2.24, 2.45) is 0 Å². The molecule has 1 aromatic heterocycles. The average Bonchev–Trinajstić information content (AvgIpc) is 2.19. The molecule has 17 heavy (non-hydrogen) atoms. The van der Waals surface area contributed by atoms with Crippen LogP contribution in [0.15, 0.2) is 16.7 Å². The van der Waals surface area contributed by atoms with Gasteiger partial charge in [0, 0.05) is 6.26 Å². The summed E-state index contributed by atoms with van der Waals surface area (Å²) in [6, 6.07) is 3.34. The monoisotopic (exact) mass is 320 g/mol. The predicted octanol–water partition coefficient (Wildman–Crippen LogP) is 1.52. The van der Waals surface area contributed by atoms with E-state index in [0.29, 0.717) is 16.0 Å². The molecule has 94 valence electrons. The first-order chi connectivity index (χ1) is 7.71. The zero-order valence-electron chi connectivity index (χ0n) is 9.69. The first kappa shape index (κ1) is 14.1. The smallest absolute Gasteiger partial charge is 0.242 e. The lowest BCUT2D eigenvalue weighted by Gasteiger charge is -2.11. The van der Waals surface area contributed by atoms with Crippen LogP contribution >= 0.6 is 15.9 Å². The van der Waals surface area contributed by atoms with Crippen LogP contribution in [0.1, 0.15) is 12.6 Å². The van der Waals surface area contributed by atoms with Crippen LogP contribution in [0.4, 0.5) is 5.69 Å². The van der Waals surface area contributed by atoms with Gasteiger partial charge in [0.25, 0.3) is 0 Å². The van der Waals surface area contributed by atoms with E-state index in [0.717, 1.165) is 6.26 Å². The average molecular weight is 321 g/mol. The minimum atomic E-state index is -3.38. The lowest BCUT2D eigenvalue weighted by Crippen LogP contribution is -2.32. The summed E-state index contributed by atoms with van der Waals surface area (Å²) < 4.78 is 23.1. The summed E-state index contributed by atoms with van der Waals surface area (Å²) >= 11 is 3.20. The van der Waals surface area contributed by atoms with Crippen molar-refractivity contribution in [1.82, 2.24) is 4.98 Å². The number of sulfone groups is 1. The van der Waals surface area contributed by atoms with Gasteiger partial charge in [0.15, 0.2) is 9.84 Å². The van der Waals surface area contributed by atoms with Crippen molar-refractivity contribution in [3.05, 3.63) is 22.4 Å². The van der Waals surface area contributed by atoms with Crippen LogP contribution in [0.25, 0.3) is 0 Å². The van der Waals surface area contributed by atoms with Crippen LogP contribution in [0.3, 0.4) is 0 Å². The van der Waals surface area contributed by atoms with E-state index in [2.05, 4.69) is 26.2 Å².